The van der Waals surface area contributed by atoms with Crippen molar-refractivity contribution in [2.24, 2.45) is 0 Å². The Morgan fingerprint density at radius 2 is 2.03 bits per heavy atom. The number of allylic oxidation sites excluding steroid dienone is 1. The zero-order chi connectivity index (χ0) is 25.0. The molecular weight excluding hydrogens is 476 g/mol. The van der Waals surface area contributed by atoms with Crippen LogP contribution in [0.4, 0.5) is 5.82 Å². The molecule has 0 amide bonds. The van der Waals surface area contributed by atoms with Crippen LogP contribution in [0, 0.1) is 6.92 Å². The number of hydrogen-bond acceptors (Lipinski definition) is 6. The molecular formula is C27H21ClN6O2. The third-order valence-electron chi connectivity index (χ3n) is 6.35. The number of methoxy groups -OCH3 is 1. The molecule has 3 aromatic heterocycles. The Labute approximate surface area is 211 Å². The first-order valence-corrected chi connectivity index (χ1v) is 11.7. The summed E-state index contributed by atoms with van der Waals surface area (Å²) in [6.07, 6.45) is 5.47. The number of anilines is 1. The van der Waals surface area contributed by atoms with Gasteiger partial charge in [0.05, 0.1) is 40.6 Å². The molecule has 36 heavy (non-hydrogen) atoms. The number of rotatable bonds is 5. The fourth-order valence-electron chi connectivity index (χ4n) is 4.62. The molecule has 2 aromatic carbocycles. The maximum atomic E-state index is 13.4. The van der Waals surface area contributed by atoms with E-state index in [-0.39, 0.29) is 5.78 Å². The van der Waals surface area contributed by atoms with Crippen molar-refractivity contribution in [3.8, 4) is 22.7 Å². The third kappa shape index (κ3) is 3.63. The number of nitrogens with one attached hydrogen (secondary N) is 1. The van der Waals surface area contributed by atoms with Crippen molar-refractivity contribution in [1.82, 2.24) is 24.7 Å². The highest BCUT2D eigenvalue weighted by molar-refractivity contribution is 6.30. The van der Waals surface area contributed by atoms with Crippen LogP contribution in [0.2, 0.25) is 5.02 Å². The maximum Gasteiger partial charge on any atom is 0.221 e. The number of carbonyl (C=O) groups excluding carboxylic acids is 1. The number of aromatic amines is 1. The molecule has 9 heteroatoms. The molecule has 178 valence electrons. The Morgan fingerprint density at radius 1 is 1.17 bits per heavy atom. The molecule has 0 fully saturated rings. The van der Waals surface area contributed by atoms with Crippen LogP contribution < -0.4 is 10.5 Å². The first-order chi connectivity index (χ1) is 17.4. The number of benzene rings is 2. The van der Waals surface area contributed by atoms with Crippen LogP contribution >= 0.6 is 11.6 Å². The van der Waals surface area contributed by atoms with Crippen molar-refractivity contribution < 1.29 is 9.53 Å². The number of aromatic nitrogens is 5. The minimum absolute atomic E-state index is 0.142. The van der Waals surface area contributed by atoms with Crippen molar-refractivity contribution in [3.05, 3.63) is 88.0 Å². The van der Waals surface area contributed by atoms with Crippen LogP contribution in [0.1, 0.15) is 27.3 Å². The average Bonchev–Trinajstić information content (AvgIpc) is 3.58. The number of pyridine rings is 1. The van der Waals surface area contributed by atoms with E-state index < -0.39 is 0 Å². The van der Waals surface area contributed by atoms with Gasteiger partial charge in [-0.15, -0.1) is 0 Å². The zero-order valence-corrected chi connectivity index (χ0v) is 20.3. The predicted octanol–water partition coefficient (Wildman–Crippen LogP) is 5.19. The number of ether oxygens (including phenoxy) is 1. The van der Waals surface area contributed by atoms with Gasteiger partial charge >= 0.3 is 0 Å². The molecule has 3 heterocycles. The number of nitrogen functional groups attached to an aromatic ring is 1. The summed E-state index contributed by atoms with van der Waals surface area (Å²) >= 11 is 6.17. The average molecular weight is 497 g/mol. The molecule has 0 radical (unpaired) electrons. The summed E-state index contributed by atoms with van der Waals surface area (Å²) in [4.78, 5) is 25.3. The number of imidazole rings is 1. The Hall–Kier alpha value is -4.43. The standard InChI is InChI=1S/C27H21ClN6O2/c1-14-32-23-6-5-20(11-24(23)33-14)34-26(29)22(13-31-34)25(35)18-7-15-3-4-16(8-17(15)9-18)21-10-19(28)12-30-27(21)36-2/h3-8,10-13H,9,29H2,1-2H3,(H,32,33). The number of hydrogen-bond donors (Lipinski definition) is 2. The number of nitrogens with two attached hydrogens (primary N) is 1. The van der Waals surface area contributed by atoms with E-state index in [1.54, 1.807) is 18.0 Å². The Bertz CT molecular complexity index is 1720. The minimum Gasteiger partial charge on any atom is -0.481 e. The highest BCUT2D eigenvalue weighted by Gasteiger charge is 2.25. The summed E-state index contributed by atoms with van der Waals surface area (Å²) in [6, 6.07) is 13.5. The van der Waals surface area contributed by atoms with E-state index in [9.17, 15) is 4.79 Å². The van der Waals surface area contributed by atoms with Gasteiger partial charge in [0, 0.05) is 23.8 Å². The number of fused-ring (bicyclic) bond motifs is 2. The fourth-order valence-corrected chi connectivity index (χ4v) is 4.78. The molecule has 3 N–H and O–H groups in total. The van der Waals surface area contributed by atoms with Gasteiger partial charge in [0.2, 0.25) is 5.88 Å². The second kappa shape index (κ2) is 8.35. The number of ketones is 1. The first kappa shape index (κ1) is 22.1. The van der Waals surface area contributed by atoms with Gasteiger partial charge in [0.1, 0.15) is 11.6 Å². The molecule has 1 aliphatic carbocycles. The van der Waals surface area contributed by atoms with E-state index in [1.165, 1.54) is 6.20 Å². The Balaban J connectivity index is 1.28. The van der Waals surface area contributed by atoms with Crippen molar-refractivity contribution in [1.29, 1.82) is 0 Å². The SMILES string of the molecule is COc1ncc(Cl)cc1-c1ccc2c(c1)CC(C(=O)c1cnn(-c3ccc4nc(C)[nH]c4c3)c1N)=C2. The maximum absolute atomic E-state index is 13.4. The van der Waals surface area contributed by atoms with E-state index in [0.717, 1.165) is 44.8 Å². The normalized spacial score (nSPS) is 12.6. The van der Waals surface area contributed by atoms with Gasteiger partial charge in [-0.05, 0) is 54.0 Å². The van der Waals surface area contributed by atoms with Crippen molar-refractivity contribution in [2.45, 2.75) is 13.3 Å². The van der Waals surface area contributed by atoms with E-state index >= 15 is 0 Å². The highest BCUT2D eigenvalue weighted by atomic mass is 35.5. The predicted molar refractivity (Wildman–Crippen MR) is 140 cm³/mol. The van der Waals surface area contributed by atoms with Crippen molar-refractivity contribution >= 4 is 40.3 Å². The molecule has 0 saturated heterocycles. The summed E-state index contributed by atoms with van der Waals surface area (Å²) in [5.41, 5.74) is 13.6. The van der Waals surface area contributed by atoms with Crippen LogP contribution in [-0.4, -0.2) is 37.6 Å². The largest absolute Gasteiger partial charge is 0.481 e. The molecule has 0 unspecified atom stereocenters. The molecule has 6 rings (SSSR count). The fraction of sp³-hybridized carbons (Fsp3) is 0.111. The summed E-state index contributed by atoms with van der Waals surface area (Å²) in [5, 5.41) is 4.92. The summed E-state index contributed by atoms with van der Waals surface area (Å²) < 4.78 is 6.97. The van der Waals surface area contributed by atoms with Crippen molar-refractivity contribution in [3.63, 3.8) is 0 Å². The van der Waals surface area contributed by atoms with Crippen LogP contribution in [0.3, 0.4) is 0 Å². The number of H-pyrrole nitrogens is 1. The summed E-state index contributed by atoms with van der Waals surface area (Å²) in [5.74, 6) is 1.47. The topological polar surface area (TPSA) is 112 Å². The van der Waals surface area contributed by atoms with E-state index in [2.05, 4.69) is 20.1 Å². The van der Waals surface area contributed by atoms with E-state index in [4.69, 9.17) is 22.1 Å². The van der Waals surface area contributed by atoms with Crippen LogP contribution in [0.15, 0.2) is 60.4 Å². The number of nitrogens with zero attached hydrogens (tertiary/aromatic N) is 4. The lowest BCUT2D eigenvalue weighted by molar-refractivity contribution is 0.103. The van der Waals surface area contributed by atoms with Gasteiger partial charge in [0.25, 0.3) is 0 Å². The zero-order valence-electron chi connectivity index (χ0n) is 19.5. The number of carbonyl (C=O) groups is 1. The number of halogens is 1. The Kier molecular flexibility index (Phi) is 5.12. The number of Topliss-reactive ketones (excluding diaryl/α,β-unsaturated/α-hetero) is 1. The monoisotopic (exact) mass is 496 g/mol. The van der Waals surface area contributed by atoms with Gasteiger partial charge < -0.3 is 15.5 Å². The van der Waals surface area contributed by atoms with Gasteiger partial charge in [-0.1, -0.05) is 29.8 Å². The lowest BCUT2D eigenvalue weighted by Crippen LogP contribution is -2.08. The molecule has 1 aliphatic rings. The molecule has 5 aromatic rings. The third-order valence-corrected chi connectivity index (χ3v) is 6.55. The van der Waals surface area contributed by atoms with Crippen molar-refractivity contribution in [2.75, 3.05) is 12.8 Å². The molecule has 0 spiro atoms. The Morgan fingerprint density at radius 3 is 2.86 bits per heavy atom. The molecule has 0 aliphatic heterocycles. The van der Waals surface area contributed by atoms with Gasteiger partial charge in [-0.2, -0.15) is 5.10 Å². The van der Waals surface area contributed by atoms with Crippen LogP contribution in [-0.2, 0) is 6.42 Å². The van der Waals surface area contributed by atoms with Crippen LogP contribution in [0.5, 0.6) is 5.88 Å². The van der Waals surface area contributed by atoms with Crippen LogP contribution in [0.25, 0.3) is 33.9 Å². The lowest BCUT2D eigenvalue weighted by Gasteiger charge is -2.09. The molecule has 8 nitrogen and oxygen atoms in total. The number of aryl methyl sites for hydroxylation is 1. The van der Waals surface area contributed by atoms with Gasteiger partial charge in [0.15, 0.2) is 5.78 Å². The van der Waals surface area contributed by atoms with Gasteiger partial charge in [-0.25, -0.2) is 14.6 Å². The summed E-state index contributed by atoms with van der Waals surface area (Å²) in [6.45, 7) is 1.90. The summed E-state index contributed by atoms with van der Waals surface area (Å²) in [7, 11) is 1.57. The molecule has 0 saturated carbocycles. The van der Waals surface area contributed by atoms with E-state index in [0.29, 0.717) is 34.3 Å². The first-order valence-electron chi connectivity index (χ1n) is 11.3. The smallest absolute Gasteiger partial charge is 0.221 e. The quantitative estimate of drug-likeness (QED) is 0.324. The van der Waals surface area contributed by atoms with E-state index in [1.807, 2.05) is 55.5 Å². The molecule has 0 bridgehead atoms. The second-order valence-corrected chi connectivity index (χ2v) is 9.11. The lowest BCUT2D eigenvalue weighted by atomic mass is 9.99. The van der Waals surface area contributed by atoms with Gasteiger partial charge in [-0.3, -0.25) is 4.79 Å². The second-order valence-electron chi connectivity index (χ2n) is 8.68. The molecule has 0 atom stereocenters. The highest BCUT2D eigenvalue weighted by Crippen LogP contribution is 2.35. The minimum atomic E-state index is -0.142.